The number of nitrogens with zero attached hydrogens (tertiary/aromatic N) is 3. The van der Waals surface area contributed by atoms with Gasteiger partial charge in [0.1, 0.15) is 11.8 Å². The monoisotopic (exact) mass is 469 g/mol. The molecule has 174 valence electrons. The Balaban J connectivity index is 1.61. The van der Waals surface area contributed by atoms with E-state index in [0.29, 0.717) is 22.3 Å². The first kappa shape index (κ1) is 24.3. The molecule has 0 fully saturated rings. The average molecular weight is 470 g/mol. The smallest absolute Gasteiger partial charge is 0.251 e. The van der Waals surface area contributed by atoms with E-state index < -0.39 is 6.04 Å². The van der Waals surface area contributed by atoms with E-state index in [-0.39, 0.29) is 24.2 Å². The quantitative estimate of drug-likeness (QED) is 0.412. The van der Waals surface area contributed by atoms with Crippen molar-refractivity contribution in [3.8, 4) is 5.75 Å². The van der Waals surface area contributed by atoms with Crippen molar-refractivity contribution in [2.45, 2.75) is 25.0 Å². The predicted molar refractivity (Wildman–Crippen MR) is 127 cm³/mol. The Bertz CT molecular complexity index is 1130. The molecule has 0 bridgehead atoms. The van der Waals surface area contributed by atoms with Crippen LogP contribution < -0.4 is 15.4 Å². The van der Waals surface area contributed by atoms with E-state index in [2.05, 4.69) is 20.8 Å². The number of amides is 2. The van der Waals surface area contributed by atoms with Crippen LogP contribution in [0.1, 0.15) is 33.4 Å². The number of aliphatic hydroxyl groups excluding tert-OH is 1. The van der Waals surface area contributed by atoms with Gasteiger partial charge in [-0.25, -0.2) is 0 Å². The SMILES string of the molecule is COc1ccc(C(=O)N[C@@H](CO)c2nnc(SCC(=O)Nc3ccc(C)cc3C)n2C)cc1. The van der Waals surface area contributed by atoms with Crippen molar-refractivity contribution in [1.82, 2.24) is 20.1 Å². The standard InChI is InChI=1S/C23H27N5O4S/c1-14-5-10-18(15(2)11-14)24-20(30)13-33-23-27-26-21(28(23)3)19(12-29)25-22(31)16-6-8-17(32-4)9-7-16/h5-11,19,29H,12-13H2,1-4H3,(H,24,30)(H,25,31)/t19-/m0/s1. The third kappa shape index (κ3) is 6.11. The maximum absolute atomic E-state index is 12.6. The van der Waals surface area contributed by atoms with Gasteiger partial charge in [-0.2, -0.15) is 0 Å². The first-order chi connectivity index (χ1) is 15.8. The molecule has 0 saturated heterocycles. The summed E-state index contributed by atoms with van der Waals surface area (Å²) in [6.45, 7) is 3.59. The van der Waals surface area contributed by atoms with Crippen LogP contribution in [-0.4, -0.2) is 51.2 Å². The van der Waals surface area contributed by atoms with E-state index in [0.717, 1.165) is 16.8 Å². The summed E-state index contributed by atoms with van der Waals surface area (Å²) in [4.78, 5) is 24.9. The highest BCUT2D eigenvalue weighted by Crippen LogP contribution is 2.21. The van der Waals surface area contributed by atoms with Crippen LogP contribution in [0, 0.1) is 13.8 Å². The number of hydrogen-bond acceptors (Lipinski definition) is 7. The van der Waals surface area contributed by atoms with E-state index in [1.807, 2.05) is 32.0 Å². The van der Waals surface area contributed by atoms with Gasteiger partial charge in [0.2, 0.25) is 5.91 Å². The number of aryl methyl sites for hydroxylation is 2. The summed E-state index contributed by atoms with van der Waals surface area (Å²) in [5, 5.41) is 24.2. The number of benzene rings is 2. The van der Waals surface area contributed by atoms with E-state index in [1.165, 1.54) is 11.8 Å². The lowest BCUT2D eigenvalue weighted by molar-refractivity contribution is -0.113. The van der Waals surface area contributed by atoms with Crippen molar-refractivity contribution in [1.29, 1.82) is 0 Å². The van der Waals surface area contributed by atoms with Gasteiger partial charge in [-0.15, -0.1) is 10.2 Å². The first-order valence-corrected chi connectivity index (χ1v) is 11.3. The summed E-state index contributed by atoms with van der Waals surface area (Å²) in [7, 11) is 3.27. The number of carbonyl (C=O) groups is 2. The molecule has 33 heavy (non-hydrogen) atoms. The number of ether oxygens (including phenoxy) is 1. The fourth-order valence-corrected chi connectivity index (χ4v) is 3.92. The maximum Gasteiger partial charge on any atom is 0.251 e. The van der Waals surface area contributed by atoms with Gasteiger partial charge in [-0.3, -0.25) is 9.59 Å². The number of aliphatic hydroxyl groups is 1. The van der Waals surface area contributed by atoms with Crippen molar-refractivity contribution < 1.29 is 19.4 Å². The zero-order chi connectivity index (χ0) is 24.0. The molecule has 2 aromatic carbocycles. The summed E-state index contributed by atoms with van der Waals surface area (Å²) < 4.78 is 6.76. The van der Waals surface area contributed by atoms with Gasteiger partial charge in [0.05, 0.1) is 19.5 Å². The number of rotatable bonds is 9. The van der Waals surface area contributed by atoms with Crippen LogP contribution in [0.25, 0.3) is 0 Å². The minimum Gasteiger partial charge on any atom is -0.497 e. The van der Waals surface area contributed by atoms with Crippen molar-refractivity contribution in [3.63, 3.8) is 0 Å². The zero-order valence-corrected chi connectivity index (χ0v) is 19.8. The van der Waals surface area contributed by atoms with E-state index in [1.54, 1.807) is 43.0 Å². The molecule has 9 nitrogen and oxygen atoms in total. The number of methoxy groups -OCH3 is 1. The maximum atomic E-state index is 12.6. The van der Waals surface area contributed by atoms with Gasteiger partial charge >= 0.3 is 0 Å². The lowest BCUT2D eigenvalue weighted by Gasteiger charge is -2.16. The number of carbonyl (C=O) groups excluding carboxylic acids is 2. The second-order valence-electron chi connectivity index (χ2n) is 7.49. The predicted octanol–water partition coefficient (Wildman–Crippen LogP) is 2.63. The zero-order valence-electron chi connectivity index (χ0n) is 19.0. The molecule has 1 atom stereocenters. The number of aromatic nitrogens is 3. The van der Waals surface area contributed by atoms with Gasteiger partial charge in [0, 0.05) is 18.3 Å². The molecule has 3 N–H and O–H groups in total. The molecular weight excluding hydrogens is 442 g/mol. The molecule has 0 aliphatic rings. The van der Waals surface area contributed by atoms with Crippen LogP contribution in [-0.2, 0) is 11.8 Å². The highest BCUT2D eigenvalue weighted by molar-refractivity contribution is 7.99. The molecule has 10 heteroatoms. The molecule has 0 aliphatic heterocycles. The highest BCUT2D eigenvalue weighted by atomic mass is 32.2. The normalized spacial score (nSPS) is 11.7. The summed E-state index contributed by atoms with van der Waals surface area (Å²) in [6.07, 6.45) is 0. The molecular formula is C23H27N5O4S. The van der Waals surface area contributed by atoms with Crippen LogP contribution in [0.2, 0.25) is 0 Å². The van der Waals surface area contributed by atoms with Crippen molar-refractivity contribution in [3.05, 3.63) is 65.0 Å². The average Bonchev–Trinajstić information content (AvgIpc) is 3.18. The molecule has 0 radical (unpaired) electrons. The van der Waals surface area contributed by atoms with Crippen LogP contribution in [0.4, 0.5) is 5.69 Å². The topological polar surface area (TPSA) is 118 Å². The summed E-state index contributed by atoms with van der Waals surface area (Å²) >= 11 is 1.22. The molecule has 0 unspecified atom stereocenters. The Morgan fingerprint density at radius 1 is 1.15 bits per heavy atom. The summed E-state index contributed by atoms with van der Waals surface area (Å²) in [5.41, 5.74) is 3.32. The molecule has 1 aromatic heterocycles. The third-order valence-electron chi connectivity index (χ3n) is 5.01. The van der Waals surface area contributed by atoms with Gasteiger partial charge < -0.3 is 25.0 Å². The molecule has 0 aliphatic carbocycles. The number of anilines is 1. The molecule has 0 saturated carbocycles. The first-order valence-electron chi connectivity index (χ1n) is 10.3. The highest BCUT2D eigenvalue weighted by Gasteiger charge is 2.22. The minimum absolute atomic E-state index is 0.140. The Morgan fingerprint density at radius 2 is 1.88 bits per heavy atom. The summed E-state index contributed by atoms with van der Waals surface area (Å²) in [5.74, 6) is 0.643. The number of thioether (sulfide) groups is 1. The number of hydrogen-bond donors (Lipinski definition) is 3. The molecule has 1 heterocycles. The second kappa shape index (κ2) is 11.0. The van der Waals surface area contributed by atoms with Gasteiger partial charge in [-0.05, 0) is 49.7 Å². The third-order valence-corrected chi connectivity index (χ3v) is 6.03. The molecule has 0 spiro atoms. The lowest BCUT2D eigenvalue weighted by Crippen LogP contribution is -2.32. The Labute approximate surface area is 196 Å². The van der Waals surface area contributed by atoms with Gasteiger partial charge in [-0.1, -0.05) is 29.5 Å². The van der Waals surface area contributed by atoms with Crippen LogP contribution in [0.5, 0.6) is 5.75 Å². The fourth-order valence-electron chi connectivity index (χ4n) is 3.20. The molecule has 3 aromatic rings. The second-order valence-corrected chi connectivity index (χ2v) is 8.43. The van der Waals surface area contributed by atoms with Crippen LogP contribution >= 0.6 is 11.8 Å². The largest absolute Gasteiger partial charge is 0.497 e. The molecule has 2 amide bonds. The van der Waals surface area contributed by atoms with E-state index in [4.69, 9.17) is 4.74 Å². The number of nitrogens with one attached hydrogen (secondary N) is 2. The Hall–Kier alpha value is -3.37. The van der Waals surface area contributed by atoms with Crippen molar-refractivity contribution in [2.24, 2.45) is 7.05 Å². The summed E-state index contributed by atoms with van der Waals surface area (Å²) in [6, 6.07) is 11.7. The van der Waals surface area contributed by atoms with Gasteiger partial charge in [0.15, 0.2) is 11.0 Å². The Morgan fingerprint density at radius 3 is 2.52 bits per heavy atom. The fraction of sp³-hybridized carbons (Fsp3) is 0.304. The Kier molecular flexibility index (Phi) is 8.07. The van der Waals surface area contributed by atoms with E-state index in [9.17, 15) is 14.7 Å². The van der Waals surface area contributed by atoms with Crippen molar-refractivity contribution in [2.75, 3.05) is 24.8 Å². The van der Waals surface area contributed by atoms with Crippen molar-refractivity contribution >= 4 is 29.3 Å². The van der Waals surface area contributed by atoms with Crippen LogP contribution in [0.3, 0.4) is 0 Å². The van der Waals surface area contributed by atoms with E-state index >= 15 is 0 Å². The lowest BCUT2D eigenvalue weighted by atomic mass is 10.1. The van der Waals surface area contributed by atoms with Gasteiger partial charge in [0.25, 0.3) is 5.91 Å². The minimum atomic E-state index is -0.754. The molecule has 3 rings (SSSR count). The van der Waals surface area contributed by atoms with Crippen LogP contribution in [0.15, 0.2) is 47.6 Å².